The van der Waals surface area contributed by atoms with Gasteiger partial charge in [-0.05, 0) is 53.7 Å². The van der Waals surface area contributed by atoms with Gasteiger partial charge in [0.25, 0.3) is 0 Å². The second-order valence-corrected chi connectivity index (χ2v) is 5.72. The van der Waals surface area contributed by atoms with Gasteiger partial charge in [0.1, 0.15) is 0 Å². The first-order chi connectivity index (χ1) is 8.11. The van der Waals surface area contributed by atoms with Crippen molar-refractivity contribution < 1.29 is 9.84 Å². The van der Waals surface area contributed by atoms with Crippen molar-refractivity contribution in [1.82, 2.24) is 4.98 Å². The smallest absolute Gasteiger partial charge is 0.0705 e. The number of aliphatic hydroxyl groups is 1. The van der Waals surface area contributed by atoms with Crippen molar-refractivity contribution in [3.63, 3.8) is 0 Å². The van der Waals surface area contributed by atoms with Gasteiger partial charge in [-0.15, -0.1) is 0 Å². The Morgan fingerprint density at radius 1 is 1.47 bits per heavy atom. The van der Waals surface area contributed by atoms with Gasteiger partial charge in [-0.3, -0.25) is 4.98 Å². The molecule has 0 aliphatic heterocycles. The van der Waals surface area contributed by atoms with E-state index >= 15 is 0 Å². The number of hydrogen-bond acceptors (Lipinski definition) is 3. The van der Waals surface area contributed by atoms with E-state index < -0.39 is 5.60 Å². The second-order valence-electron chi connectivity index (χ2n) is 4.80. The normalized spacial score (nSPS) is 29.2. The van der Waals surface area contributed by atoms with E-state index in [0.717, 1.165) is 35.8 Å². The van der Waals surface area contributed by atoms with Crippen molar-refractivity contribution in [3.05, 3.63) is 28.5 Å². The molecule has 0 amide bonds. The van der Waals surface area contributed by atoms with E-state index in [9.17, 15) is 5.11 Å². The van der Waals surface area contributed by atoms with Gasteiger partial charge in [0.05, 0.1) is 11.7 Å². The highest BCUT2D eigenvalue weighted by Crippen LogP contribution is 2.32. The third-order valence-electron chi connectivity index (χ3n) is 3.50. The number of aromatic nitrogens is 1. The summed E-state index contributed by atoms with van der Waals surface area (Å²) in [4.78, 5) is 4.32. The summed E-state index contributed by atoms with van der Waals surface area (Å²) in [6.07, 6.45) is 6.18. The topological polar surface area (TPSA) is 42.4 Å². The number of ether oxygens (including phenoxy) is 1. The summed E-state index contributed by atoms with van der Waals surface area (Å²) in [5, 5.41) is 10.5. The molecule has 0 saturated heterocycles. The van der Waals surface area contributed by atoms with Gasteiger partial charge in [-0.2, -0.15) is 0 Å². The van der Waals surface area contributed by atoms with Crippen LogP contribution in [0.1, 0.15) is 31.4 Å². The molecule has 1 saturated carbocycles. The molecule has 1 aliphatic rings. The minimum Gasteiger partial charge on any atom is -0.389 e. The Bertz CT molecular complexity index is 358. The Kier molecular flexibility index (Phi) is 4.17. The number of rotatable bonds is 3. The summed E-state index contributed by atoms with van der Waals surface area (Å²) in [7, 11) is 1.74. The SMILES string of the molecule is COC1CCC(O)(Cc2ccc(Br)cn2)CC1. The number of pyridine rings is 1. The Hall–Kier alpha value is -0.450. The summed E-state index contributed by atoms with van der Waals surface area (Å²) in [5.74, 6) is 0. The third kappa shape index (κ3) is 3.50. The Morgan fingerprint density at radius 2 is 2.18 bits per heavy atom. The second kappa shape index (κ2) is 5.46. The van der Waals surface area contributed by atoms with Crippen LogP contribution < -0.4 is 0 Å². The highest BCUT2D eigenvalue weighted by molar-refractivity contribution is 9.10. The Labute approximate surface area is 110 Å². The molecular weight excluding hydrogens is 282 g/mol. The third-order valence-corrected chi connectivity index (χ3v) is 3.96. The van der Waals surface area contributed by atoms with Gasteiger partial charge in [0, 0.05) is 29.9 Å². The predicted octanol–water partition coefficient (Wildman–Crippen LogP) is 2.71. The minimum absolute atomic E-state index is 0.313. The van der Waals surface area contributed by atoms with E-state index in [4.69, 9.17) is 4.74 Å². The summed E-state index contributed by atoms with van der Waals surface area (Å²) < 4.78 is 6.29. The standard InChI is InChI=1S/C13H18BrNO2/c1-17-12-4-6-13(16,7-5-12)8-11-3-2-10(14)9-15-11/h2-3,9,12,16H,4-8H2,1H3. The highest BCUT2D eigenvalue weighted by atomic mass is 79.9. The maximum absolute atomic E-state index is 10.5. The first kappa shape index (κ1) is 13.0. The zero-order valence-electron chi connectivity index (χ0n) is 10.0. The molecule has 0 unspecified atom stereocenters. The van der Waals surface area contributed by atoms with E-state index in [0.29, 0.717) is 12.5 Å². The van der Waals surface area contributed by atoms with Crippen LogP contribution in [0.4, 0.5) is 0 Å². The number of halogens is 1. The van der Waals surface area contributed by atoms with Gasteiger partial charge >= 0.3 is 0 Å². The van der Waals surface area contributed by atoms with Crippen molar-refractivity contribution in [1.29, 1.82) is 0 Å². The molecule has 0 radical (unpaired) electrons. The molecule has 17 heavy (non-hydrogen) atoms. The Balaban J connectivity index is 1.96. The van der Waals surface area contributed by atoms with E-state index in [2.05, 4.69) is 20.9 Å². The number of hydrogen-bond donors (Lipinski definition) is 1. The lowest BCUT2D eigenvalue weighted by molar-refractivity contribution is -0.0432. The first-order valence-electron chi connectivity index (χ1n) is 5.97. The van der Waals surface area contributed by atoms with Crippen LogP contribution >= 0.6 is 15.9 Å². The number of methoxy groups -OCH3 is 1. The zero-order chi connectivity index (χ0) is 12.3. The highest BCUT2D eigenvalue weighted by Gasteiger charge is 2.33. The molecule has 1 heterocycles. The van der Waals surface area contributed by atoms with E-state index in [1.165, 1.54) is 0 Å². The monoisotopic (exact) mass is 299 g/mol. The molecule has 1 aromatic heterocycles. The van der Waals surface area contributed by atoms with Crippen LogP contribution in [0.3, 0.4) is 0 Å². The molecule has 2 rings (SSSR count). The van der Waals surface area contributed by atoms with Crippen LogP contribution in [0.5, 0.6) is 0 Å². The van der Waals surface area contributed by atoms with Crippen molar-refractivity contribution >= 4 is 15.9 Å². The molecule has 0 spiro atoms. The van der Waals surface area contributed by atoms with Crippen molar-refractivity contribution in [2.45, 2.75) is 43.8 Å². The minimum atomic E-state index is -0.601. The molecule has 0 bridgehead atoms. The molecule has 1 N–H and O–H groups in total. The molecule has 94 valence electrons. The quantitative estimate of drug-likeness (QED) is 0.933. The average Bonchev–Trinajstić information content (AvgIpc) is 2.33. The maximum atomic E-state index is 10.5. The van der Waals surface area contributed by atoms with Crippen LogP contribution in [0.2, 0.25) is 0 Å². The van der Waals surface area contributed by atoms with E-state index in [1.54, 1.807) is 13.3 Å². The molecule has 0 aromatic carbocycles. The van der Waals surface area contributed by atoms with Gasteiger partial charge < -0.3 is 9.84 Å². The molecule has 1 fully saturated rings. The molecule has 1 aliphatic carbocycles. The molecule has 3 nitrogen and oxygen atoms in total. The summed E-state index contributed by atoms with van der Waals surface area (Å²) >= 11 is 3.36. The lowest BCUT2D eigenvalue weighted by Crippen LogP contribution is -2.38. The number of nitrogens with zero attached hydrogens (tertiary/aromatic N) is 1. The van der Waals surface area contributed by atoms with Crippen LogP contribution in [-0.2, 0) is 11.2 Å². The fourth-order valence-corrected chi connectivity index (χ4v) is 2.62. The van der Waals surface area contributed by atoms with Crippen molar-refractivity contribution in [2.24, 2.45) is 0 Å². The van der Waals surface area contributed by atoms with Crippen LogP contribution in [0.25, 0.3) is 0 Å². The van der Waals surface area contributed by atoms with Gasteiger partial charge in [-0.1, -0.05) is 0 Å². The first-order valence-corrected chi connectivity index (χ1v) is 6.76. The summed E-state index contributed by atoms with van der Waals surface area (Å²) in [6.45, 7) is 0. The zero-order valence-corrected chi connectivity index (χ0v) is 11.6. The fraction of sp³-hybridized carbons (Fsp3) is 0.615. The lowest BCUT2D eigenvalue weighted by Gasteiger charge is -2.35. The van der Waals surface area contributed by atoms with E-state index in [1.807, 2.05) is 12.1 Å². The largest absolute Gasteiger partial charge is 0.389 e. The van der Waals surface area contributed by atoms with E-state index in [-0.39, 0.29) is 0 Å². The van der Waals surface area contributed by atoms with Crippen LogP contribution in [0.15, 0.2) is 22.8 Å². The van der Waals surface area contributed by atoms with Gasteiger partial charge in [-0.25, -0.2) is 0 Å². The van der Waals surface area contributed by atoms with Gasteiger partial charge in [0.2, 0.25) is 0 Å². The molecule has 0 atom stereocenters. The molecular formula is C13H18BrNO2. The predicted molar refractivity (Wildman–Crippen MR) is 69.9 cm³/mol. The lowest BCUT2D eigenvalue weighted by atomic mass is 9.80. The summed E-state index contributed by atoms with van der Waals surface area (Å²) in [6, 6.07) is 3.93. The van der Waals surface area contributed by atoms with Gasteiger partial charge in [0.15, 0.2) is 0 Å². The van der Waals surface area contributed by atoms with Crippen molar-refractivity contribution in [2.75, 3.05) is 7.11 Å². The average molecular weight is 300 g/mol. The molecule has 4 heteroatoms. The fourth-order valence-electron chi connectivity index (χ4n) is 2.39. The molecule has 1 aromatic rings. The Morgan fingerprint density at radius 3 is 2.71 bits per heavy atom. The van der Waals surface area contributed by atoms with Crippen LogP contribution in [0, 0.1) is 0 Å². The maximum Gasteiger partial charge on any atom is 0.0705 e. The van der Waals surface area contributed by atoms with Crippen LogP contribution in [-0.4, -0.2) is 28.9 Å². The van der Waals surface area contributed by atoms with Crippen molar-refractivity contribution in [3.8, 4) is 0 Å². The summed E-state index contributed by atoms with van der Waals surface area (Å²) in [5.41, 5.74) is 0.349.